The molecule has 1 aromatic heterocycles. The number of thiazole rings is 1. The van der Waals surface area contributed by atoms with Crippen LogP contribution in [0.1, 0.15) is 109 Å². The Hall–Kier alpha value is -2.66. The van der Waals surface area contributed by atoms with Crippen LogP contribution in [0.5, 0.6) is 0 Å². The number of hydrogen-bond donors (Lipinski definition) is 4. The molecule has 0 aliphatic carbocycles. The second kappa shape index (κ2) is 17.5. The molecular formula is C36H55N3O6S. The lowest BCUT2D eigenvalue weighted by atomic mass is 9.71. The zero-order valence-corrected chi connectivity index (χ0v) is 29.1. The highest BCUT2D eigenvalue weighted by Gasteiger charge is 2.45. The van der Waals surface area contributed by atoms with E-state index in [-0.39, 0.29) is 42.9 Å². The molecule has 1 aliphatic heterocycles. The van der Waals surface area contributed by atoms with Crippen molar-refractivity contribution in [2.24, 2.45) is 28.9 Å². The topological polar surface area (TPSA) is 152 Å². The molecule has 3 rings (SSSR count). The zero-order valence-electron chi connectivity index (χ0n) is 28.3. The van der Waals surface area contributed by atoms with Crippen LogP contribution in [0.3, 0.4) is 0 Å². The van der Waals surface area contributed by atoms with Crippen LogP contribution in [0.25, 0.3) is 10.2 Å². The van der Waals surface area contributed by atoms with Crippen molar-refractivity contribution in [2.75, 3.05) is 6.54 Å². The third-order valence-electron chi connectivity index (χ3n) is 9.62. The fraction of sp³-hybridized carbons (Fsp3) is 0.667. The van der Waals surface area contributed by atoms with Gasteiger partial charge in [-0.05, 0) is 81.5 Å². The van der Waals surface area contributed by atoms with Gasteiger partial charge in [-0.2, -0.15) is 0 Å². The number of carbonyl (C=O) groups is 3. The quantitative estimate of drug-likeness (QED) is 0.147. The Morgan fingerprint density at radius 3 is 2.59 bits per heavy atom. The van der Waals surface area contributed by atoms with Gasteiger partial charge in [-0.1, -0.05) is 52.7 Å². The molecule has 5 N–H and O–H groups in total. The van der Waals surface area contributed by atoms with Gasteiger partial charge in [0.05, 0.1) is 51.2 Å². The first-order valence-corrected chi connectivity index (χ1v) is 17.7. The van der Waals surface area contributed by atoms with Gasteiger partial charge in [-0.15, -0.1) is 17.9 Å². The Bertz CT molecular complexity index is 1330. The highest BCUT2D eigenvalue weighted by atomic mass is 32.1. The van der Waals surface area contributed by atoms with Crippen LogP contribution in [-0.4, -0.2) is 57.7 Å². The number of aliphatic hydroxyl groups is 2. The van der Waals surface area contributed by atoms with E-state index in [1.54, 1.807) is 31.3 Å². The fourth-order valence-electron chi connectivity index (χ4n) is 6.44. The summed E-state index contributed by atoms with van der Waals surface area (Å²) >= 11 is 1.60. The average Bonchev–Trinajstić information content (AvgIpc) is 3.38. The van der Waals surface area contributed by atoms with E-state index < -0.39 is 41.6 Å². The van der Waals surface area contributed by atoms with Crippen molar-refractivity contribution in [1.82, 2.24) is 10.3 Å². The summed E-state index contributed by atoms with van der Waals surface area (Å²) in [4.78, 5) is 45.3. The number of rotatable bonds is 9. The van der Waals surface area contributed by atoms with E-state index in [1.807, 2.05) is 39.0 Å². The van der Waals surface area contributed by atoms with E-state index in [0.717, 1.165) is 46.5 Å². The molecular weight excluding hydrogens is 602 g/mol. The molecule has 2 aromatic rings. The minimum atomic E-state index is -1.31. The number of aryl methyl sites for hydroxylation is 1. The van der Waals surface area contributed by atoms with Crippen LogP contribution in [0.15, 0.2) is 30.9 Å². The number of ketones is 1. The number of carbonyl (C=O) groups excluding carboxylic acids is 3. The van der Waals surface area contributed by atoms with Crippen LogP contribution in [0, 0.1) is 30.1 Å². The molecule has 2 heterocycles. The number of allylic oxidation sites excluding steroid dienone is 1. The summed E-state index contributed by atoms with van der Waals surface area (Å²) in [5.41, 5.74) is 5.95. The molecule has 1 fully saturated rings. The largest absolute Gasteiger partial charge is 0.461 e. The fourth-order valence-corrected chi connectivity index (χ4v) is 7.25. The van der Waals surface area contributed by atoms with Gasteiger partial charge < -0.3 is 26.0 Å². The number of amides is 1. The Kier molecular flexibility index (Phi) is 14.4. The lowest BCUT2D eigenvalue weighted by Crippen LogP contribution is -2.48. The molecule has 1 aliphatic rings. The Labute approximate surface area is 278 Å². The predicted molar refractivity (Wildman–Crippen MR) is 183 cm³/mol. The van der Waals surface area contributed by atoms with Crippen molar-refractivity contribution in [3.05, 3.63) is 41.4 Å². The molecule has 0 bridgehead atoms. The summed E-state index contributed by atoms with van der Waals surface area (Å²) in [5.74, 6) is -2.00. The summed E-state index contributed by atoms with van der Waals surface area (Å²) in [5, 5.41) is 26.7. The SMILES string of the molecule is C=CC[C@H]1C(=O)C(C)(C)[C@@H](O)CC(=O)N[C@H](c2ccc3sc(C)nc3c2)C[C@H](O)[C@@H](C)CCC[C@H](C)[C@@H]1OC(=O)CCCCCN. The van der Waals surface area contributed by atoms with Gasteiger partial charge in [0.2, 0.25) is 5.91 Å². The average molecular weight is 658 g/mol. The molecule has 0 spiro atoms. The van der Waals surface area contributed by atoms with Crippen molar-refractivity contribution < 1.29 is 29.3 Å². The molecule has 46 heavy (non-hydrogen) atoms. The third kappa shape index (κ3) is 10.2. The lowest BCUT2D eigenvalue weighted by Gasteiger charge is -2.37. The summed E-state index contributed by atoms with van der Waals surface area (Å²) < 4.78 is 7.11. The normalized spacial score (nSPS) is 28.5. The van der Waals surface area contributed by atoms with Gasteiger partial charge in [0, 0.05) is 6.42 Å². The third-order valence-corrected chi connectivity index (χ3v) is 10.6. The van der Waals surface area contributed by atoms with E-state index in [2.05, 4.69) is 16.9 Å². The van der Waals surface area contributed by atoms with Gasteiger partial charge in [0.15, 0.2) is 0 Å². The number of ether oxygens (including phenoxy) is 1. The maximum Gasteiger partial charge on any atom is 0.306 e. The monoisotopic (exact) mass is 657 g/mol. The predicted octanol–water partition coefficient (Wildman–Crippen LogP) is 5.94. The Balaban J connectivity index is 1.92. The van der Waals surface area contributed by atoms with Gasteiger partial charge in [-0.3, -0.25) is 14.4 Å². The highest BCUT2D eigenvalue weighted by Crippen LogP contribution is 2.36. The van der Waals surface area contributed by atoms with Gasteiger partial charge in [0.25, 0.3) is 0 Å². The summed E-state index contributed by atoms with van der Waals surface area (Å²) in [6.07, 6.45) is 3.92. The second-order valence-corrected chi connectivity index (χ2v) is 15.0. The smallest absolute Gasteiger partial charge is 0.306 e. The number of esters is 1. The highest BCUT2D eigenvalue weighted by molar-refractivity contribution is 7.18. The van der Waals surface area contributed by atoms with Crippen molar-refractivity contribution in [3.63, 3.8) is 0 Å². The molecule has 7 atom stereocenters. The molecule has 9 nitrogen and oxygen atoms in total. The minimum absolute atomic E-state index is 0.0663. The number of Topliss-reactive ketones (excluding diaryl/α,β-unsaturated/α-hetero) is 1. The molecule has 10 heteroatoms. The van der Waals surface area contributed by atoms with Crippen molar-refractivity contribution >= 4 is 39.2 Å². The van der Waals surface area contributed by atoms with E-state index in [9.17, 15) is 24.6 Å². The molecule has 256 valence electrons. The standard InChI is InChI=1S/C36H55N3O6S/c1-7-12-26-34(45-33(43)15-9-8-10-18-37)23(3)14-11-13-22(2)29(40)20-27(25-16-17-30-28(19-25)38-24(4)46-30)39-32(42)21-31(41)36(5,6)35(26)44/h7,16-17,19,22-23,26-27,29,31,34,40-41H,1,8-15,18,20-21,37H2,2-6H3,(H,39,42)/t22-,23-,26+,27-,29-,31-,34-/m0/s1. The first kappa shape index (κ1) is 37.8. The van der Waals surface area contributed by atoms with Gasteiger partial charge in [0.1, 0.15) is 11.9 Å². The first-order valence-electron chi connectivity index (χ1n) is 16.9. The number of benzene rings is 1. The number of aliphatic hydroxyl groups excluding tert-OH is 2. The summed E-state index contributed by atoms with van der Waals surface area (Å²) in [6.45, 7) is 13.7. The lowest BCUT2D eigenvalue weighted by molar-refractivity contribution is -0.160. The van der Waals surface area contributed by atoms with E-state index in [0.29, 0.717) is 25.8 Å². The number of unbranched alkanes of at least 4 members (excludes halogenated alkanes) is 2. The molecule has 0 unspecified atom stereocenters. The Morgan fingerprint density at radius 2 is 1.89 bits per heavy atom. The maximum absolute atomic E-state index is 14.2. The maximum atomic E-state index is 14.2. The first-order chi connectivity index (χ1) is 21.8. The molecule has 0 saturated carbocycles. The minimum Gasteiger partial charge on any atom is -0.461 e. The van der Waals surface area contributed by atoms with Crippen LogP contribution >= 0.6 is 11.3 Å². The van der Waals surface area contributed by atoms with Crippen molar-refractivity contribution in [1.29, 1.82) is 0 Å². The number of nitrogens with zero attached hydrogens (tertiary/aromatic N) is 1. The van der Waals surface area contributed by atoms with Crippen LogP contribution in [0.2, 0.25) is 0 Å². The summed E-state index contributed by atoms with van der Waals surface area (Å²) in [7, 11) is 0. The summed E-state index contributed by atoms with van der Waals surface area (Å²) in [6, 6.07) is 5.38. The number of nitrogens with one attached hydrogen (secondary N) is 1. The molecule has 0 radical (unpaired) electrons. The number of hydrogen-bond acceptors (Lipinski definition) is 9. The van der Waals surface area contributed by atoms with Crippen LogP contribution in [0.4, 0.5) is 0 Å². The van der Waals surface area contributed by atoms with Crippen molar-refractivity contribution in [2.45, 2.75) is 123 Å². The van der Waals surface area contributed by atoms with E-state index >= 15 is 0 Å². The van der Waals surface area contributed by atoms with Crippen molar-refractivity contribution in [3.8, 4) is 0 Å². The second-order valence-electron chi connectivity index (χ2n) is 13.8. The van der Waals surface area contributed by atoms with E-state index in [1.165, 1.54) is 0 Å². The van der Waals surface area contributed by atoms with Gasteiger partial charge >= 0.3 is 5.97 Å². The molecule has 1 aromatic carbocycles. The molecule has 1 saturated heterocycles. The zero-order chi connectivity index (χ0) is 34.0. The van der Waals surface area contributed by atoms with Crippen LogP contribution < -0.4 is 11.1 Å². The molecule has 1 amide bonds. The Morgan fingerprint density at radius 1 is 1.17 bits per heavy atom. The number of nitrogens with two attached hydrogens (primary N) is 1. The van der Waals surface area contributed by atoms with Crippen LogP contribution in [-0.2, 0) is 19.1 Å². The number of aromatic nitrogens is 1. The number of fused-ring (bicyclic) bond motifs is 1. The van der Waals surface area contributed by atoms with E-state index in [4.69, 9.17) is 10.5 Å². The van der Waals surface area contributed by atoms with Gasteiger partial charge in [-0.25, -0.2) is 4.98 Å².